The molecule has 0 radical (unpaired) electrons. The third-order valence-corrected chi connectivity index (χ3v) is 13.6. The standard InChI is InChI=1S/C60H48N4/c1-60(2,3)43-30-28-40(29-31-43)58-46-34-32-45(64-56-24-14-10-20-52(56)62(5)53-21-11-15-25-57(53)64)38-49(46)59(42-27-26-39-16-6-7-17-41(39)36-42)47-35-33-44(37-48(47)58)63-54-22-12-8-18-50(54)61(4)51-19-9-13-23-55(51)63/h6-38H,1-5H3. The van der Waals surface area contributed by atoms with Gasteiger partial charge < -0.3 is 19.6 Å². The van der Waals surface area contributed by atoms with E-state index >= 15 is 0 Å². The van der Waals surface area contributed by atoms with Crippen LogP contribution in [0.2, 0.25) is 0 Å². The quantitative estimate of drug-likeness (QED) is 0.164. The largest absolute Gasteiger partial charge is 0.341 e. The fourth-order valence-corrected chi connectivity index (χ4v) is 10.4. The number of benzene rings is 10. The Labute approximate surface area is 375 Å². The lowest BCUT2D eigenvalue weighted by Gasteiger charge is -2.39. The number of para-hydroxylation sites is 8. The first kappa shape index (κ1) is 37.9. The van der Waals surface area contributed by atoms with Crippen molar-refractivity contribution in [2.24, 2.45) is 0 Å². The summed E-state index contributed by atoms with van der Waals surface area (Å²) >= 11 is 0. The van der Waals surface area contributed by atoms with Gasteiger partial charge in [0.15, 0.2) is 0 Å². The van der Waals surface area contributed by atoms with E-state index in [0.29, 0.717) is 0 Å². The van der Waals surface area contributed by atoms with Gasteiger partial charge in [-0.15, -0.1) is 0 Å². The van der Waals surface area contributed by atoms with Crippen LogP contribution >= 0.6 is 0 Å². The predicted octanol–water partition coefficient (Wildman–Crippen LogP) is 16.9. The molecule has 0 saturated carbocycles. The molecular weight excluding hydrogens is 777 g/mol. The highest BCUT2D eigenvalue weighted by molar-refractivity contribution is 6.23. The van der Waals surface area contributed by atoms with Gasteiger partial charge >= 0.3 is 0 Å². The first-order chi connectivity index (χ1) is 31.2. The molecule has 0 bridgehead atoms. The van der Waals surface area contributed by atoms with Crippen molar-refractivity contribution in [2.75, 3.05) is 33.7 Å². The second-order valence-electron chi connectivity index (χ2n) is 18.3. The van der Waals surface area contributed by atoms with Crippen molar-refractivity contribution in [3.8, 4) is 22.3 Å². The summed E-state index contributed by atoms with van der Waals surface area (Å²) in [6.45, 7) is 6.87. The van der Waals surface area contributed by atoms with Gasteiger partial charge in [0.1, 0.15) is 0 Å². The highest BCUT2D eigenvalue weighted by Gasteiger charge is 2.30. The minimum atomic E-state index is 0.0297. The van der Waals surface area contributed by atoms with Crippen LogP contribution in [0.4, 0.5) is 56.9 Å². The molecule has 0 aliphatic carbocycles. The molecule has 10 aromatic rings. The summed E-state index contributed by atoms with van der Waals surface area (Å²) in [5.74, 6) is 0. The van der Waals surface area contributed by atoms with E-state index in [1.54, 1.807) is 0 Å². The van der Waals surface area contributed by atoms with Crippen LogP contribution in [0.1, 0.15) is 26.3 Å². The fraction of sp³-hybridized carbons (Fsp3) is 0.100. The van der Waals surface area contributed by atoms with Crippen molar-refractivity contribution < 1.29 is 0 Å². The molecule has 0 saturated heterocycles. The summed E-state index contributed by atoms with van der Waals surface area (Å²) in [6, 6.07) is 74.4. The van der Waals surface area contributed by atoms with Crippen molar-refractivity contribution in [1.29, 1.82) is 0 Å². The van der Waals surface area contributed by atoms with E-state index in [0.717, 1.165) is 34.1 Å². The lowest BCUT2D eigenvalue weighted by atomic mass is 9.83. The summed E-state index contributed by atoms with van der Waals surface area (Å²) in [4.78, 5) is 9.51. The zero-order chi connectivity index (χ0) is 43.3. The van der Waals surface area contributed by atoms with Crippen LogP contribution in [-0.4, -0.2) is 14.1 Å². The number of hydrogen-bond acceptors (Lipinski definition) is 4. The Morgan fingerprint density at radius 1 is 0.312 bits per heavy atom. The summed E-state index contributed by atoms with van der Waals surface area (Å²) < 4.78 is 0. The van der Waals surface area contributed by atoms with E-state index in [4.69, 9.17) is 0 Å². The van der Waals surface area contributed by atoms with Crippen molar-refractivity contribution in [3.05, 3.63) is 206 Å². The average Bonchev–Trinajstić information content (AvgIpc) is 3.33. The molecule has 308 valence electrons. The molecule has 0 spiro atoms. The first-order valence-corrected chi connectivity index (χ1v) is 22.3. The third-order valence-electron chi connectivity index (χ3n) is 13.6. The molecule has 0 fully saturated rings. The van der Waals surface area contributed by atoms with E-state index in [9.17, 15) is 0 Å². The maximum absolute atomic E-state index is 2.45. The van der Waals surface area contributed by atoms with Crippen LogP contribution in [0.25, 0.3) is 54.6 Å². The van der Waals surface area contributed by atoms with E-state index in [1.165, 1.54) is 82.9 Å². The minimum Gasteiger partial charge on any atom is -0.341 e. The fourth-order valence-electron chi connectivity index (χ4n) is 10.4. The average molecular weight is 825 g/mol. The summed E-state index contributed by atoms with van der Waals surface area (Å²) in [5, 5.41) is 7.32. The number of anilines is 10. The van der Waals surface area contributed by atoms with Crippen LogP contribution < -0.4 is 19.6 Å². The van der Waals surface area contributed by atoms with Gasteiger partial charge in [-0.1, -0.05) is 142 Å². The smallest absolute Gasteiger partial charge is 0.0699 e. The van der Waals surface area contributed by atoms with Gasteiger partial charge in [0.25, 0.3) is 0 Å². The van der Waals surface area contributed by atoms with Crippen LogP contribution in [0.15, 0.2) is 200 Å². The van der Waals surface area contributed by atoms with Crippen molar-refractivity contribution in [1.82, 2.24) is 0 Å². The molecule has 4 nitrogen and oxygen atoms in total. The normalized spacial score (nSPS) is 13.3. The molecule has 4 heteroatoms. The Balaban J connectivity index is 1.19. The van der Waals surface area contributed by atoms with Crippen LogP contribution in [0.5, 0.6) is 0 Å². The maximum atomic E-state index is 2.45. The number of nitrogens with zero attached hydrogens (tertiary/aromatic N) is 4. The Hall–Kier alpha value is -7.82. The molecule has 0 atom stereocenters. The molecule has 0 unspecified atom stereocenters. The van der Waals surface area contributed by atoms with Crippen LogP contribution in [0, 0.1) is 0 Å². The monoisotopic (exact) mass is 824 g/mol. The van der Waals surface area contributed by atoms with Crippen molar-refractivity contribution in [2.45, 2.75) is 26.2 Å². The van der Waals surface area contributed by atoms with Crippen molar-refractivity contribution in [3.63, 3.8) is 0 Å². The summed E-state index contributed by atoms with van der Waals surface area (Å²) in [6.07, 6.45) is 0. The summed E-state index contributed by atoms with van der Waals surface area (Å²) in [7, 11) is 4.34. The maximum Gasteiger partial charge on any atom is 0.0699 e. The first-order valence-electron chi connectivity index (χ1n) is 22.3. The van der Waals surface area contributed by atoms with Gasteiger partial charge in [0, 0.05) is 25.5 Å². The Morgan fingerprint density at radius 3 is 1.12 bits per heavy atom. The van der Waals surface area contributed by atoms with Crippen LogP contribution in [-0.2, 0) is 5.41 Å². The highest BCUT2D eigenvalue weighted by atomic mass is 15.3. The number of rotatable bonds is 4. The van der Waals surface area contributed by atoms with E-state index < -0.39 is 0 Å². The van der Waals surface area contributed by atoms with E-state index in [1.807, 2.05) is 0 Å². The molecule has 10 aromatic carbocycles. The number of hydrogen-bond donors (Lipinski definition) is 0. The number of fused-ring (bicyclic) bond motifs is 7. The molecule has 0 aromatic heterocycles. The van der Waals surface area contributed by atoms with Crippen LogP contribution in [0.3, 0.4) is 0 Å². The molecule has 64 heavy (non-hydrogen) atoms. The molecule has 0 amide bonds. The Kier molecular flexibility index (Phi) is 8.51. The predicted molar refractivity (Wildman–Crippen MR) is 274 cm³/mol. The Bertz CT molecular complexity index is 3390. The molecular formula is C60H48N4. The second-order valence-corrected chi connectivity index (χ2v) is 18.3. The highest BCUT2D eigenvalue weighted by Crippen LogP contribution is 2.55. The van der Waals surface area contributed by atoms with E-state index in [2.05, 4.69) is 255 Å². The van der Waals surface area contributed by atoms with Gasteiger partial charge in [-0.3, -0.25) is 0 Å². The Morgan fingerprint density at radius 2 is 0.688 bits per heavy atom. The van der Waals surface area contributed by atoms with Gasteiger partial charge in [0.2, 0.25) is 0 Å². The van der Waals surface area contributed by atoms with Gasteiger partial charge in [-0.25, -0.2) is 0 Å². The molecule has 2 aliphatic heterocycles. The molecule has 0 N–H and O–H groups in total. The zero-order valence-corrected chi connectivity index (χ0v) is 36.8. The minimum absolute atomic E-state index is 0.0297. The topological polar surface area (TPSA) is 13.0 Å². The zero-order valence-electron chi connectivity index (χ0n) is 36.8. The van der Waals surface area contributed by atoms with Crippen molar-refractivity contribution >= 4 is 89.2 Å². The lowest BCUT2D eigenvalue weighted by molar-refractivity contribution is 0.590. The SMILES string of the molecule is CN1c2ccccc2N(c2ccc3c(-c4ccc5ccccc5c4)c4cc(N5c6ccccc6N(C)c6ccccc65)ccc4c(-c4ccc(C(C)(C)C)cc4)c3c2)c2ccccc21. The van der Waals surface area contributed by atoms with Gasteiger partial charge in [-0.2, -0.15) is 0 Å². The summed E-state index contributed by atoms with van der Waals surface area (Å²) in [5.41, 5.74) is 17.8. The molecule has 2 heterocycles. The van der Waals surface area contributed by atoms with Gasteiger partial charge in [-0.05, 0) is 144 Å². The van der Waals surface area contributed by atoms with Gasteiger partial charge in [0.05, 0.1) is 45.5 Å². The second kappa shape index (κ2) is 14.4. The third kappa shape index (κ3) is 5.83. The molecule has 12 rings (SSSR count). The molecule has 2 aliphatic rings. The lowest BCUT2D eigenvalue weighted by Crippen LogP contribution is -2.24. The van der Waals surface area contributed by atoms with E-state index in [-0.39, 0.29) is 5.41 Å².